The summed E-state index contributed by atoms with van der Waals surface area (Å²) < 4.78 is 10.9. The molecule has 0 saturated carbocycles. The van der Waals surface area contributed by atoms with Crippen LogP contribution in [0.15, 0.2) is 35.6 Å². The van der Waals surface area contributed by atoms with Gasteiger partial charge in [-0.1, -0.05) is 24.3 Å². The van der Waals surface area contributed by atoms with E-state index in [4.69, 9.17) is 9.47 Å². The molecule has 1 heterocycles. The van der Waals surface area contributed by atoms with E-state index in [9.17, 15) is 14.7 Å². The Morgan fingerprint density at radius 3 is 2.29 bits per heavy atom. The minimum atomic E-state index is -1.04. The van der Waals surface area contributed by atoms with Gasteiger partial charge in [0, 0.05) is 18.2 Å². The molecular formula is C16H16O5. The van der Waals surface area contributed by atoms with Crippen LogP contribution in [0, 0.1) is 0 Å². The third kappa shape index (κ3) is 1.85. The van der Waals surface area contributed by atoms with Crippen LogP contribution < -0.4 is 0 Å². The van der Waals surface area contributed by atoms with Gasteiger partial charge in [0.2, 0.25) is 5.78 Å². The van der Waals surface area contributed by atoms with Crippen molar-refractivity contribution in [2.24, 2.45) is 0 Å². The average molecular weight is 288 g/mol. The highest BCUT2D eigenvalue weighted by atomic mass is 16.5. The molecule has 1 N–H and O–H groups in total. The number of fused-ring (bicyclic) bond motifs is 1. The highest BCUT2D eigenvalue weighted by Gasteiger charge is 2.50. The maximum Gasteiger partial charge on any atom is 0.228 e. The van der Waals surface area contributed by atoms with Gasteiger partial charge in [-0.15, -0.1) is 0 Å². The van der Waals surface area contributed by atoms with E-state index in [1.54, 1.807) is 38.1 Å². The first-order chi connectivity index (χ1) is 9.88. The lowest BCUT2D eigenvalue weighted by molar-refractivity contribution is -0.133. The number of rotatable bonds is 1. The van der Waals surface area contributed by atoms with Crippen LogP contribution in [0.5, 0.6) is 0 Å². The van der Waals surface area contributed by atoms with Gasteiger partial charge in [-0.05, 0) is 13.8 Å². The number of methoxy groups -OCH3 is 1. The molecule has 0 bridgehead atoms. The summed E-state index contributed by atoms with van der Waals surface area (Å²) in [5, 5.41) is 10.3. The molecule has 0 radical (unpaired) electrons. The maximum atomic E-state index is 12.6. The molecule has 0 amide bonds. The van der Waals surface area contributed by atoms with Crippen molar-refractivity contribution in [1.82, 2.24) is 0 Å². The quantitative estimate of drug-likeness (QED) is 0.848. The summed E-state index contributed by atoms with van der Waals surface area (Å²) in [7, 11) is 1.40. The highest BCUT2D eigenvalue weighted by Crippen LogP contribution is 2.39. The predicted molar refractivity (Wildman–Crippen MR) is 74.1 cm³/mol. The summed E-state index contributed by atoms with van der Waals surface area (Å²) in [6, 6.07) is 6.59. The lowest BCUT2D eigenvalue weighted by Gasteiger charge is -2.43. The van der Waals surface area contributed by atoms with Crippen molar-refractivity contribution < 1.29 is 24.2 Å². The van der Waals surface area contributed by atoms with Crippen LogP contribution in [0.1, 0.15) is 34.6 Å². The van der Waals surface area contributed by atoms with E-state index >= 15 is 0 Å². The van der Waals surface area contributed by atoms with E-state index in [-0.39, 0.29) is 22.9 Å². The SMILES string of the molecule is CO[C@H]1C2=C(OC(C)(C)C1O)C(=O)c1ccccc1C2=O. The second-order valence-corrected chi connectivity index (χ2v) is 5.75. The first-order valence-electron chi connectivity index (χ1n) is 6.71. The summed E-state index contributed by atoms with van der Waals surface area (Å²) in [5.74, 6) is -0.690. The topological polar surface area (TPSA) is 72.8 Å². The molecule has 3 rings (SSSR count). The molecule has 0 fully saturated rings. The molecule has 0 spiro atoms. The molecule has 0 saturated heterocycles. The molecule has 110 valence electrons. The molecule has 1 aliphatic carbocycles. The monoisotopic (exact) mass is 288 g/mol. The largest absolute Gasteiger partial charge is 0.480 e. The Bertz CT molecular complexity index is 671. The third-order valence-electron chi connectivity index (χ3n) is 4.01. The minimum absolute atomic E-state index is 0.0131. The van der Waals surface area contributed by atoms with Crippen LogP contribution >= 0.6 is 0 Å². The Morgan fingerprint density at radius 1 is 1.14 bits per heavy atom. The highest BCUT2D eigenvalue weighted by molar-refractivity contribution is 6.26. The summed E-state index contributed by atoms with van der Waals surface area (Å²) >= 11 is 0. The van der Waals surface area contributed by atoms with Crippen molar-refractivity contribution in [3.05, 3.63) is 46.7 Å². The standard InChI is InChI=1S/C16H16O5/c1-16(2)15(19)14(20-3)10-11(17)8-6-4-5-7-9(8)12(18)13(10)21-16/h4-7,14-15,19H,1-3H3/t14-,15?/m0/s1. The van der Waals surface area contributed by atoms with Crippen LogP contribution in [-0.2, 0) is 9.47 Å². The Morgan fingerprint density at radius 2 is 1.71 bits per heavy atom. The molecular weight excluding hydrogens is 272 g/mol. The lowest BCUT2D eigenvalue weighted by atomic mass is 9.79. The average Bonchev–Trinajstić information content (AvgIpc) is 2.46. The summed E-state index contributed by atoms with van der Waals surface area (Å²) in [6.07, 6.45) is -1.92. The Hall–Kier alpha value is -1.98. The number of aliphatic hydroxyl groups excluding tert-OH is 1. The van der Waals surface area contributed by atoms with Gasteiger partial charge in [0.05, 0.1) is 5.57 Å². The lowest BCUT2D eigenvalue weighted by Crippen LogP contribution is -2.54. The number of ether oxygens (including phenoxy) is 2. The van der Waals surface area contributed by atoms with E-state index in [0.29, 0.717) is 11.1 Å². The number of Topliss-reactive ketones (excluding diaryl/α,β-unsaturated/α-hetero) is 2. The molecule has 1 aromatic carbocycles. The number of benzene rings is 1. The zero-order valence-electron chi connectivity index (χ0n) is 12.0. The zero-order valence-corrected chi connectivity index (χ0v) is 12.0. The van der Waals surface area contributed by atoms with Crippen molar-refractivity contribution in [3.63, 3.8) is 0 Å². The fourth-order valence-electron chi connectivity index (χ4n) is 2.82. The smallest absolute Gasteiger partial charge is 0.228 e. The van der Waals surface area contributed by atoms with E-state index in [1.807, 2.05) is 0 Å². The van der Waals surface area contributed by atoms with Crippen molar-refractivity contribution in [2.45, 2.75) is 31.7 Å². The van der Waals surface area contributed by atoms with Crippen LogP contribution in [0.3, 0.4) is 0 Å². The van der Waals surface area contributed by atoms with Crippen molar-refractivity contribution in [3.8, 4) is 0 Å². The third-order valence-corrected chi connectivity index (χ3v) is 4.01. The van der Waals surface area contributed by atoms with Gasteiger partial charge in [-0.25, -0.2) is 0 Å². The molecule has 2 aliphatic rings. The molecule has 0 aromatic heterocycles. The van der Waals surface area contributed by atoms with Gasteiger partial charge in [-0.3, -0.25) is 9.59 Å². The molecule has 5 nitrogen and oxygen atoms in total. The van der Waals surface area contributed by atoms with Crippen molar-refractivity contribution >= 4 is 11.6 Å². The van der Waals surface area contributed by atoms with Crippen LogP contribution in [-0.4, -0.2) is 41.6 Å². The van der Waals surface area contributed by atoms with Gasteiger partial charge >= 0.3 is 0 Å². The number of carbonyl (C=O) groups excluding carboxylic acids is 2. The number of hydrogen-bond acceptors (Lipinski definition) is 5. The van der Waals surface area contributed by atoms with Gasteiger partial charge < -0.3 is 14.6 Å². The van der Waals surface area contributed by atoms with Crippen LogP contribution in [0.4, 0.5) is 0 Å². The normalized spacial score (nSPS) is 27.0. The Kier molecular flexibility index (Phi) is 3.00. The number of aliphatic hydroxyl groups is 1. The second kappa shape index (κ2) is 4.51. The van der Waals surface area contributed by atoms with Crippen molar-refractivity contribution in [2.75, 3.05) is 7.11 Å². The van der Waals surface area contributed by atoms with Crippen LogP contribution in [0.25, 0.3) is 0 Å². The second-order valence-electron chi connectivity index (χ2n) is 5.75. The summed E-state index contributed by atoms with van der Waals surface area (Å²) in [6.45, 7) is 3.32. The van der Waals surface area contributed by atoms with Crippen molar-refractivity contribution in [1.29, 1.82) is 0 Å². The summed E-state index contributed by atoms with van der Waals surface area (Å²) in [4.78, 5) is 25.2. The molecule has 1 aromatic rings. The zero-order chi connectivity index (χ0) is 15.4. The molecule has 5 heteroatoms. The fourth-order valence-corrected chi connectivity index (χ4v) is 2.82. The maximum absolute atomic E-state index is 12.6. The molecule has 1 unspecified atom stereocenters. The van der Waals surface area contributed by atoms with E-state index in [1.165, 1.54) is 7.11 Å². The van der Waals surface area contributed by atoms with Gasteiger partial charge in [0.15, 0.2) is 11.5 Å². The fraction of sp³-hybridized carbons (Fsp3) is 0.375. The molecule has 21 heavy (non-hydrogen) atoms. The van der Waals surface area contributed by atoms with E-state index in [0.717, 1.165) is 0 Å². The van der Waals surface area contributed by atoms with Gasteiger partial charge in [0.1, 0.15) is 17.8 Å². The number of allylic oxidation sites excluding steroid dienone is 1. The molecule has 2 atom stereocenters. The number of carbonyl (C=O) groups is 2. The Labute approximate surface area is 122 Å². The first-order valence-corrected chi connectivity index (χ1v) is 6.71. The van der Waals surface area contributed by atoms with Gasteiger partial charge in [-0.2, -0.15) is 0 Å². The van der Waals surface area contributed by atoms with E-state index < -0.39 is 17.8 Å². The minimum Gasteiger partial charge on any atom is -0.480 e. The summed E-state index contributed by atoms with van der Waals surface area (Å²) in [5.41, 5.74) is -0.267. The Balaban J connectivity index is 2.22. The van der Waals surface area contributed by atoms with E-state index in [2.05, 4.69) is 0 Å². The number of hydrogen-bond donors (Lipinski definition) is 1. The first kappa shape index (κ1) is 14.0. The predicted octanol–water partition coefficient (Wildman–Crippen LogP) is 1.50. The van der Waals surface area contributed by atoms with Crippen LogP contribution in [0.2, 0.25) is 0 Å². The number of ketones is 2. The van der Waals surface area contributed by atoms with Gasteiger partial charge in [0.25, 0.3) is 0 Å². The molecule has 1 aliphatic heterocycles.